The van der Waals surface area contributed by atoms with Crippen LogP contribution in [0.2, 0.25) is 0 Å². The molecule has 0 unspecified atom stereocenters. The maximum atomic E-state index is 5.58. The molecule has 0 bridgehead atoms. The SMILES string of the molecule is CC(C)NCc1coc(COCC=Cc2ccccc2)c1. The summed E-state index contributed by atoms with van der Waals surface area (Å²) < 4.78 is 11.1. The van der Waals surface area contributed by atoms with Crippen molar-refractivity contribution >= 4 is 6.08 Å². The van der Waals surface area contributed by atoms with Crippen molar-refractivity contribution < 1.29 is 9.15 Å². The molecule has 3 nitrogen and oxygen atoms in total. The molecule has 21 heavy (non-hydrogen) atoms. The lowest BCUT2D eigenvalue weighted by Crippen LogP contribution is -2.21. The first kappa shape index (κ1) is 15.5. The smallest absolute Gasteiger partial charge is 0.129 e. The Morgan fingerprint density at radius 2 is 2.05 bits per heavy atom. The number of ether oxygens (including phenoxy) is 1. The van der Waals surface area contributed by atoms with Gasteiger partial charge in [0, 0.05) is 18.2 Å². The Morgan fingerprint density at radius 3 is 2.81 bits per heavy atom. The van der Waals surface area contributed by atoms with Gasteiger partial charge in [-0.2, -0.15) is 0 Å². The average molecular weight is 285 g/mol. The first-order valence-electron chi connectivity index (χ1n) is 7.33. The Bertz CT molecular complexity index is 543. The van der Waals surface area contributed by atoms with Gasteiger partial charge in [-0.05, 0) is 11.6 Å². The van der Waals surface area contributed by atoms with E-state index < -0.39 is 0 Å². The third-order valence-electron chi connectivity index (χ3n) is 2.99. The molecule has 1 aromatic heterocycles. The molecule has 112 valence electrons. The second kappa shape index (κ2) is 8.45. The van der Waals surface area contributed by atoms with Crippen LogP contribution in [0.25, 0.3) is 6.08 Å². The molecule has 2 rings (SSSR count). The molecule has 0 aliphatic heterocycles. The molecule has 0 aliphatic rings. The molecule has 0 radical (unpaired) electrons. The molecule has 1 aromatic carbocycles. The van der Waals surface area contributed by atoms with Gasteiger partial charge in [0.1, 0.15) is 12.4 Å². The summed E-state index contributed by atoms with van der Waals surface area (Å²) in [6, 6.07) is 12.7. The van der Waals surface area contributed by atoms with Crippen LogP contribution >= 0.6 is 0 Å². The third-order valence-corrected chi connectivity index (χ3v) is 2.99. The molecule has 2 aromatic rings. The van der Waals surface area contributed by atoms with Crippen LogP contribution in [0.5, 0.6) is 0 Å². The van der Waals surface area contributed by atoms with E-state index in [9.17, 15) is 0 Å². The second-order valence-electron chi connectivity index (χ2n) is 5.29. The van der Waals surface area contributed by atoms with Gasteiger partial charge < -0.3 is 14.5 Å². The Kier molecular flexibility index (Phi) is 6.25. The largest absolute Gasteiger partial charge is 0.467 e. The maximum Gasteiger partial charge on any atom is 0.129 e. The zero-order valence-electron chi connectivity index (χ0n) is 12.7. The van der Waals surface area contributed by atoms with Crippen LogP contribution in [0.4, 0.5) is 0 Å². The van der Waals surface area contributed by atoms with Crippen molar-refractivity contribution in [2.45, 2.75) is 33.0 Å². The van der Waals surface area contributed by atoms with Gasteiger partial charge in [0.2, 0.25) is 0 Å². The molecule has 0 saturated heterocycles. The minimum atomic E-state index is 0.475. The lowest BCUT2D eigenvalue weighted by atomic mass is 10.2. The summed E-state index contributed by atoms with van der Waals surface area (Å²) in [4.78, 5) is 0. The van der Waals surface area contributed by atoms with E-state index in [-0.39, 0.29) is 0 Å². The highest BCUT2D eigenvalue weighted by molar-refractivity contribution is 5.48. The summed E-state index contributed by atoms with van der Waals surface area (Å²) in [6.45, 7) is 6.16. The minimum Gasteiger partial charge on any atom is -0.467 e. The lowest BCUT2D eigenvalue weighted by molar-refractivity contribution is 0.132. The maximum absolute atomic E-state index is 5.58. The Labute approximate surface area is 126 Å². The highest BCUT2D eigenvalue weighted by atomic mass is 16.5. The van der Waals surface area contributed by atoms with Gasteiger partial charge in [-0.25, -0.2) is 0 Å². The van der Waals surface area contributed by atoms with E-state index in [4.69, 9.17) is 9.15 Å². The average Bonchev–Trinajstić information content (AvgIpc) is 2.94. The molecular weight excluding hydrogens is 262 g/mol. The molecule has 3 heteroatoms. The van der Waals surface area contributed by atoms with Crippen molar-refractivity contribution in [1.82, 2.24) is 5.32 Å². The summed E-state index contributed by atoms with van der Waals surface area (Å²) in [5.74, 6) is 0.865. The van der Waals surface area contributed by atoms with Gasteiger partial charge in [0.15, 0.2) is 0 Å². The van der Waals surface area contributed by atoms with Crippen molar-refractivity contribution in [2.24, 2.45) is 0 Å². The van der Waals surface area contributed by atoms with E-state index in [2.05, 4.69) is 37.4 Å². The van der Waals surface area contributed by atoms with Gasteiger partial charge in [-0.1, -0.05) is 56.3 Å². The van der Waals surface area contributed by atoms with Crippen molar-refractivity contribution in [1.29, 1.82) is 0 Å². The van der Waals surface area contributed by atoms with E-state index in [1.165, 1.54) is 5.56 Å². The molecular formula is C18H23NO2. The summed E-state index contributed by atoms with van der Waals surface area (Å²) in [5.41, 5.74) is 2.34. The van der Waals surface area contributed by atoms with Gasteiger partial charge in [-0.3, -0.25) is 0 Å². The van der Waals surface area contributed by atoms with Crippen molar-refractivity contribution in [3.05, 3.63) is 65.6 Å². The minimum absolute atomic E-state index is 0.475. The van der Waals surface area contributed by atoms with Crippen molar-refractivity contribution in [2.75, 3.05) is 6.61 Å². The van der Waals surface area contributed by atoms with E-state index >= 15 is 0 Å². The molecule has 0 spiro atoms. The molecule has 0 fully saturated rings. The van der Waals surface area contributed by atoms with Crippen LogP contribution in [0.1, 0.15) is 30.7 Å². The second-order valence-corrected chi connectivity index (χ2v) is 5.29. The highest BCUT2D eigenvalue weighted by Crippen LogP contribution is 2.09. The molecule has 0 atom stereocenters. The van der Waals surface area contributed by atoms with Crippen molar-refractivity contribution in [3.63, 3.8) is 0 Å². The lowest BCUT2D eigenvalue weighted by Gasteiger charge is -2.04. The summed E-state index contributed by atoms with van der Waals surface area (Å²) in [7, 11) is 0. The highest BCUT2D eigenvalue weighted by Gasteiger charge is 2.02. The van der Waals surface area contributed by atoms with Crippen LogP contribution in [0, 0.1) is 0 Å². The zero-order chi connectivity index (χ0) is 14.9. The monoisotopic (exact) mass is 285 g/mol. The molecule has 0 aliphatic carbocycles. The topological polar surface area (TPSA) is 34.4 Å². The molecule has 0 saturated carbocycles. The fourth-order valence-electron chi connectivity index (χ4n) is 1.89. The zero-order valence-corrected chi connectivity index (χ0v) is 12.7. The number of furan rings is 1. The molecule has 1 N–H and O–H groups in total. The first-order valence-corrected chi connectivity index (χ1v) is 7.33. The van der Waals surface area contributed by atoms with Gasteiger partial charge in [0.25, 0.3) is 0 Å². The van der Waals surface area contributed by atoms with Crippen LogP contribution < -0.4 is 5.32 Å². The fourth-order valence-corrected chi connectivity index (χ4v) is 1.89. The first-order chi connectivity index (χ1) is 10.2. The van der Waals surface area contributed by atoms with Crippen LogP contribution in [-0.2, 0) is 17.9 Å². The quantitative estimate of drug-likeness (QED) is 0.744. The van der Waals surface area contributed by atoms with Crippen LogP contribution in [0.3, 0.4) is 0 Å². The summed E-state index contributed by atoms with van der Waals surface area (Å²) in [5, 5.41) is 3.36. The van der Waals surface area contributed by atoms with Gasteiger partial charge >= 0.3 is 0 Å². The number of hydrogen-bond acceptors (Lipinski definition) is 3. The van der Waals surface area contributed by atoms with E-state index in [0.29, 0.717) is 19.3 Å². The van der Waals surface area contributed by atoms with E-state index in [1.807, 2.05) is 30.3 Å². The molecule has 1 heterocycles. The fraction of sp³-hybridized carbons (Fsp3) is 0.333. The summed E-state index contributed by atoms with van der Waals surface area (Å²) >= 11 is 0. The Balaban J connectivity index is 1.68. The normalized spacial score (nSPS) is 11.6. The standard InChI is InChI=1S/C18H23NO2/c1-15(2)19-12-17-11-18(21-13-17)14-20-10-6-9-16-7-4-3-5-8-16/h3-9,11,13,15,19H,10,12,14H2,1-2H3. The van der Waals surface area contributed by atoms with Gasteiger partial charge in [0.05, 0.1) is 12.9 Å². The number of hydrogen-bond donors (Lipinski definition) is 1. The molecule has 0 amide bonds. The van der Waals surface area contributed by atoms with E-state index in [1.54, 1.807) is 6.26 Å². The van der Waals surface area contributed by atoms with Crippen LogP contribution in [0.15, 0.2) is 53.2 Å². The van der Waals surface area contributed by atoms with E-state index in [0.717, 1.165) is 17.9 Å². The number of nitrogens with one attached hydrogen (secondary N) is 1. The summed E-state index contributed by atoms with van der Waals surface area (Å²) in [6.07, 6.45) is 5.85. The Morgan fingerprint density at radius 1 is 1.24 bits per heavy atom. The van der Waals surface area contributed by atoms with Gasteiger partial charge in [-0.15, -0.1) is 0 Å². The third kappa shape index (κ3) is 5.98. The predicted molar refractivity (Wildman–Crippen MR) is 85.8 cm³/mol. The van der Waals surface area contributed by atoms with Crippen molar-refractivity contribution in [3.8, 4) is 0 Å². The van der Waals surface area contributed by atoms with Crippen LogP contribution in [-0.4, -0.2) is 12.6 Å². The number of benzene rings is 1. The number of rotatable bonds is 8. The Hall–Kier alpha value is -1.84. The predicted octanol–water partition coefficient (Wildman–Crippen LogP) is 4.01.